The Morgan fingerprint density at radius 2 is 2.00 bits per heavy atom. The van der Waals surface area contributed by atoms with Crippen molar-refractivity contribution < 1.29 is 13.5 Å². The normalized spacial score (nSPS) is 13.8. The van der Waals surface area contributed by atoms with Crippen LogP contribution in [0.3, 0.4) is 0 Å². The molecule has 0 bridgehead atoms. The SMILES string of the molecule is CCCS(=O)(=O)N(CC)[C@@H](C)c1cccc(O)c1. The van der Waals surface area contributed by atoms with Crippen LogP contribution in [0.2, 0.25) is 0 Å². The van der Waals surface area contributed by atoms with Crippen molar-refractivity contribution in [3.8, 4) is 5.75 Å². The van der Waals surface area contributed by atoms with E-state index >= 15 is 0 Å². The van der Waals surface area contributed by atoms with Crippen molar-refractivity contribution in [3.05, 3.63) is 29.8 Å². The van der Waals surface area contributed by atoms with Crippen LogP contribution in [-0.4, -0.2) is 30.1 Å². The summed E-state index contributed by atoms with van der Waals surface area (Å²) in [5.74, 6) is 0.313. The first-order chi connectivity index (χ1) is 8.42. The second-order valence-corrected chi connectivity index (χ2v) is 6.33. The zero-order valence-corrected chi connectivity index (χ0v) is 11.9. The molecular weight excluding hydrogens is 250 g/mol. The Bertz CT molecular complexity index is 485. The van der Waals surface area contributed by atoms with Crippen molar-refractivity contribution in [3.63, 3.8) is 0 Å². The van der Waals surface area contributed by atoms with Crippen LogP contribution in [0.4, 0.5) is 0 Å². The predicted octanol–water partition coefficient (Wildman–Crippen LogP) is 2.51. The lowest BCUT2D eigenvalue weighted by Crippen LogP contribution is -2.35. The minimum Gasteiger partial charge on any atom is -0.508 e. The molecule has 1 rings (SSSR count). The van der Waals surface area contributed by atoms with Gasteiger partial charge in [0.15, 0.2) is 0 Å². The molecule has 0 heterocycles. The number of rotatable bonds is 6. The largest absolute Gasteiger partial charge is 0.508 e. The highest BCUT2D eigenvalue weighted by Crippen LogP contribution is 2.25. The van der Waals surface area contributed by atoms with Gasteiger partial charge >= 0.3 is 0 Å². The third-order valence-electron chi connectivity index (χ3n) is 2.92. The summed E-state index contributed by atoms with van der Waals surface area (Å²) < 4.78 is 25.7. The first kappa shape index (κ1) is 15.0. The first-order valence-electron chi connectivity index (χ1n) is 6.20. The molecule has 0 saturated carbocycles. The van der Waals surface area contributed by atoms with Crippen LogP contribution < -0.4 is 0 Å². The number of benzene rings is 1. The minimum absolute atomic E-state index is 0.156. The van der Waals surface area contributed by atoms with Crippen LogP contribution in [0.1, 0.15) is 38.8 Å². The quantitative estimate of drug-likeness (QED) is 0.865. The van der Waals surface area contributed by atoms with Crippen LogP contribution in [0.15, 0.2) is 24.3 Å². The van der Waals surface area contributed by atoms with Gasteiger partial charge in [0.2, 0.25) is 10.0 Å². The summed E-state index contributed by atoms with van der Waals surface area (Å²) in [5, 5.41) is 9.45. The number of phenolic OH excluding ortho intramolecular Hbond substituents is 1. The van der Waals surface area contributed by atoms with Crippen molar-refractivity contribution in [2.24, 2.45) is 0 Å². The molecule has 0 aliphatic heterocycles. The third-order valence-corrected chi connectivity index (χ3v) is 5.13. The standard InChI is InChI=1S/C13H21NO3S/c1-4-9-18(16,17)14(5-2)11(3)12-7-6-8-13(15)10-12/h6-8,10-11,15H,4-5,9H2,1-3H3/t11-/m0/s1. The Hall–Kier alpha value is -1.07. The van der Waals surface area contributed by atoms with E-state index in [1.807, 2.05) is 26.8 Å². The summed E-state index contributed by atoms with van der Waals surface area (Å²) in [5.41, 5.74) is 0.802. The smallest absolute Gasteiger partial charge is 0.214 e. The Morgan fingerprint density at radius 1 is 1.33 bits per heavy atom. The fourth-order valence-electron chi connectivity index (χ4n) is 2.04. The van der Waals surface area contributed by atoms with Crippen molar-refractivity contribution in [2.75, 3.05) is 12.3 Å². The third kappa shape index (κ3) is 3.46. The van der Waals surface area contributed by atoms with Crippen molar-refractivity contribution >= 4 is 10.0 Å². The molecule has 0 fully saturated rings. The maximum Gasteiger partial charge on any atom is 0.214 e. The monoisotopic (exact) mass is 271 g/mol. The van der Waals surface area contributed by atoms with Crippen LogP contribution in [-0.2, 0) is 10.0 Å². The average Bonchev–Trinajstić information content (AvgIpc) is 2.29. The number of sulfonamides is 1. The average molecular weight is 271 g/mol. The lowest BCUT2D eigenvalue weighted by molar-refractivity contribution is 0.355. The van der Waals surface area contributed by atoms with Crippen molar-refractivity contribution in [1.29, 1.82) is 0 Å². The highest BCUT2D eigenvalue weighted by molar-refractivity contribution is 7.89. The van der Waals surface area contributed by atoms with E-state index in [1.165, 1.54) is 4.31 Å². The van der Waals surface area contributed by atoms with Gasteiger partial charge in [0.25, 0.3) is 0 Å². The molecule has 0 radical (unpaired) electrons. The van der Waals surface area contributed by atoms with Crippen LogP contribution in [0.5, 0.6) is 5.75 Å². The number of hydrogen-bond donors (Lipinski definition) is 1. The summed E-state index contributed by atoms with van der Waals surface area (Å²) in [6, 6.07) is 6.47. The van der Waals surface area contributed by atoms with Crippen LogP contribution >= 0.6 is 0 Å². The molecule has 0 unspecified atom stereocenters. The zero-order chi connectivity index (χ0) is 13.8. The van der Waals surface area contributed by atoms with Gasteiger partial charge in [-0.1, -0.05) is 26.0 Å². The Morgan fingerprint density at radius 3 is 2.50 bits per heavy atom. The van der Waals surface area contributed by atoms with E-state index in [1.54, 1.807) is 18.2 Å². The lowest BCUT2D eigenvalue weighted by Gasteiger charge is -2.27. The molecule has 0 aliphatic rings. The van der Waals surface area contributed by atoms with Gasteiger partial charge in [-0.3, -0.25) is 0 Å². The predicted molar refractivity (Wildman–Crippen MR) is 73.0 cm³/mol. The maximum absolute atomic E-state index is 12.1. The fraction of sp³-hybridized carbons (Fsp3) is 0.538. The summed E-state index contributed by atoms with van der Waals surface area (Å²) in [6.07, 6.45) is 0.603. The molecule has 18 heavy (non-hydrogen) atoms. The number of aromatic hydroxyl groups is 1. The van der Waals surface area contributed by atoms with E-state index in [0.29, 0.717) is 13.0 Å². The highest BCUT2D eigenvalue weighted by Gasteiger charge is 2.25. The van der Waals surface area contributed by atoms with E-state index in [2.05, 4.69) is 0 Å². The summed E-state index contributed by atoms with van der Waals surface area (Å²) in [4.78, 5) is 0. The Kier molecular flexibility index (Phi) is 5.16. The van der Waals surface area contributed by atoms with Gasteiger partial charge < -0.3 is 5.11 Å². The Labute approximate surface area is 109 Å². The van der Waals surface area contributed by atoms with Gasteiger partial charge in [-0.15, -0.1) is 0 Å². The second kappa shape index (κ2) is 6.20. The summed E-state index contributed by atoms with van der Waals surface area (Å²) in [7, 11) is -3.23. The van der Waals surface area contributed by atoms with Gasteiger partial charge in [-0.2, -0.15) is 4.31 Å². The van der Waals surface area contributed by atoms with Crippen LogP contribution in [0.25, 0.3) is 0 Å². The van der Waals surface area contributed by atoms with Crippen molar-refractivity contribution in [2.45, 2.75) is 33.2 Å². The highest BCUT2D eigenvalue weighted by atomic mass is 32.2. The van der Waals surface area contributed by atoms with E-state index in [4.69, 9.17) is 0 Å². The molecule has 0 spiro atoms. The molecule has 1 aromatic rings. The summed E-state index contributed by atoms with van der Waals surface area (Å²) >= 11 is 0. The fourth-order valence-corrected chi connectivity index (χ4v) is 3.78. The van der Waals surface area contributed by atoms with Crippen molar-refractivity contribution in [1.82, 2.24) is 4.31 Å². The van der Waals surface area contributed by atoms with Gasteiger partial charge in [0, 0.05) is 12.6 Å². The van der Waals surface area contributed by atoms with Gasteiger partial charge in [0.05, 0.1) is 5.75 Å². The van der Waals surface area contributed by atoms with E-state index in [0.717, 1.165) is 5.56 Å². The number of phenols is 1. The van der Waals surface area contributed by atoms with Gasteiger partial charge in [-0.05, 0) is 31.0 Å². The minimum atomic E-state index is -3.23. The molecule has 4 nitrogen and oxygen atoms in total. The molecule has 1 atom stereocenters. The van der Waals surface area contributed by atoms with Gasteiger partial charge in [0.1, 0.15) is 5.75 Å². The molecule has 0 amide bonds. The molecule has 1 N–H and O–H groups in total. The molecule has 102 valence electrons. The first-order valence-corrected chi connectivity index (χ1v) is 7.81. The molecule has 1 aromatic carbocycles. The van der Waals surface area contributed by atoms with Gasteiger partial charge in [-0.25, -0.2) is 8.42 Å². The number of nitrogens with zero attached hydrogens (tertiary/aromatic N) is 1. The maximum atomic E-state index is 12.1. The Balaban J connectivity index is 3.03. The molecule has 0 aliphatic carbocycles. The van der Waals surface area contributed by atoms with E-state index in [-0.39, 0.29) is 17.5 Å². The van der Waals surface area contributed by atoms with E-state index in [9.17, 15) is 13.5 Å². The number of hydrogen-bond acceptors (Lipinski definition) is 3. The lowest BCUT2D eigenvalue weighted by atomic mass is 10.1. The summed E-state index contributed by atoms with van der Waals surface area (Å²) in [6.45, 7) is 5.95. The topological polar surface area (TPSA) is 57.6 Å². The zero-order valence-electron chi connectivity index (χ0n) is 11.1. The second-order valence-electron chi connectivity index (χ2n) is 4.29. The molecular formula is C13H21NO3S. The molecule has 5 heteroatoms. The van der Waals surface area contributed by atoms with E-state index < -0.39 is 10.0 Å². The van der Waals surface area contributed by atoms with Crippen LogP contribution in [0, 0.1) is 0 Å². The molecule has 0 saturated heterocycles. The molecule has 0 aromatic heterocycles.